The van der Waals surface area contributed by atoms with Crippen LogP contribution in [-0.2, 0) is 4.79 Å². The Morgan fingerprint density at radius 1 is 1.15 bits per heavy atom. The van der Waals surface area contributed by atoms with Crippen LogP contribution in [0, 0.1) is 0 Å². The molecule has 1 aliphatic rings. The molecule has 138 valence electrons. The average molecular weight is 376 g/mol. The largest absolute Gasteiger partial charge is 0.493 e. The standard InChI is InChI=1S/C20H22ClNO4/c1-14(15-3-8-18-19(13-15)26-11-2-10-25-18)22-20(23)9-12-24-17-6-4-16(21)5-7-17/h3-8,13-14H,2,9-12H2,1H3,(H,22,23)/t14-/m1/s1. The van der Waals surface area contributed by atoms with Crippen molar-refractivity contribution in [3.05, 3.63) is 53.1 Å². The second-order valence-corrected chi connectivity index (χ2v) is 6.53. The van der Waals surface area contributed by atoms with Gasteiger partial charge in [-0.05, 0) is 48.9 Å². The summed E-state index contributed by atoms with van der Waals surface area (Å²) in [6, 6.07) is 12.7. The molecule has 1 atom stereocenters. The number of fused-ring (bicyclic) bond motifs is 1. The zero-order valence-corrected chi connectivity index (χ0v) is 15.4. The zero-order chi connectivity index (χ0) is 18.4. The van der Waals surface area contributed by atoms with Crippen LogP contribution in [0.25, 0.3) is 0 Å². The van der Waals surface area contributed by atoms with Crippen molar-refractivity contribution in [3.63, 3.8) is 0 Å². The summed E-state index contributed by atoms with van der Waals surface area (Å²) in [4.78, 5) is 12.1. The smallest absolute Gasteiger partial charge is 0.223 e. The van der Waals surface area contributed by atoms with Gasteiger partial charge in [0.2, 0.25) is 5.91 Å². The number of rotatable bonds is 6. The molecule has 2 aromatic rings. The number of ether oxygens (including phenoxy) is 3. The van der Waals surface area contributed by atoms with Crippen LogP contribution in [-0.4, -0.2) is 25.7 Å². The second-order valence-electron chi connectivity index (χ2n) is 6.10. The maximum atomic E-state index is 12.1. The Hall–Kier alpha value is -2.40. The quantitative estimate of drug-likeness (QED) is 0.824. The van der Waals surface area contributed by atoms with Crippen molar-refractivity contribution in [1.82, 2.24) is 5.32 Å². The van der Waals surface area contributed by atoms with Gasteiger partial charge in [0.05, 0.1) is 32.3 Å². The molecule has 0 radical (unpaired) electrons. The average Bonchev–Trinajstić information content (AvgIpc) is 2.88. The zero-order valence-electron chi connectivity index (χ0n) is 14.7. The van der Waals surface area contributed by atoms with E-state index < -0.39 is 0 Å². The van der Waals surface area contributed by atoms with E-state index in [2.05, 4.69) is 5.32 Å². The molecule has 0 saturated carbocycles. The lowest BCUT2D eigenvalue weighted by Gasteiger charge is -2.16. The van der Waals surface area contributed by atoms with E-state index in [4.69, 9.17) is 25.8 Å². The predicted octanol–water partition coefficient (Wildman–Crippen LogP) is 4.15. The first-order valence-corrected chi connectivity index (χ1v) is 9.07. The number of hydrogen-bond acceptors (Lipinski definition) is 4. The van der Waals surface area contributed by atoms with Crippen molar-refractivity contribution in [2.24, 2.45) is 0 Å². The van der Waals surface area contributed by atoms with Crippen LogP contribution in [0.5, 0.6) is 17.2 Å². The van der Waals surface area contributed by atoms with Crippen LogP contribution in [0.3, 0.4) is 0 Å². The fourth-order valence-electron chi connectivity index (χ4n) is 2.64. The maximum Gasteiger partial charge on any atom is 0.223 e. The van der Waals surface area contributed by atoms with Crippen molar-refractivity contribution in [1.29, 1.82) is 0 Å². The van der Waals surface area contributed by atoms with E-state index in [1.807, 2.05) is 25.1 Å². The Kier molecular flexibility index (Phi) is 6.23. The van der Waals surface area contributed by atoms with E-state index in [9.17, 15) is 4.79 Å². The number of benzene rings is 2. The highest BCUT2D eigenvalue weighted by Gasteiger charge is 2.15. The molecule has 6 heteroatoms. The molecule has 3 rings (SSSR count). The predicted molar refractivity (Wildman–Crippen MR) is 100 cm³/mol. The molecular formula is C20H22ClNO4. The second kappa shape index (κ2) is 8.81. The van der Waals surface area contributed by atoms with E-state index in [0.717, 1.165) is 23.5 Å². The molecule has 0 aromatic heterocycles. The van der Waals surface area contributed by atoms with Gasteiger partial charge >= 0.3 is 0 Å². The van der Waals surface area contributed by atoms with E-state index in [-0.39, 0.29) is 18.4 Å². The van der Waals surface area contributed by atoms with E-state index in [0.29, 0.717) is 30.6 Å². The molecule has 1 amide bonds. The molecule has 0 unspecified atom stereocenters. The monoisotopic (exact) mass is 375 g/mol. The molecule has 0 aliphatic carbocycles. The summed E-state index contributed by atoms with van der Waals surface area (Å²) in [6.07, 6.45) is 1.14. The summed E-state index contributed by atoms with van der Waals surface area (Å²) < 4.78 is 16.9. The molecule has 2 aromatic carbocycles. The lowest BCUT2D eigenvalue weighted by atomic mass is 10.1. The summed E-state index contributed by atoms with van der Waals surface area (Å²) >= 11 is 5.83. The van der Waals surface area contributed by atoms with Crippen LogP contribution >= 0.6 is 11.6 Å². The first-order chi connectivity index (χ1) is 12.6. The van der Waals surface area contributed by atoms with Crippen molar-refractivity contribution in [3.8, 4) is 17.2 Å². The van der Waals surface area contributed by atoms with Gasteiger partial charge in [-0.15, -0.1) is 0 Å². The Morgan fingerprint density at radius 2 is 1.88 bits per heavy atom. The van der Waals surface area contributed by atoms with Gasteiger partial charge in [0, 0.05) is 11.4 Å². The van der Waals surface area contributed by atoms with Gasteiger partial charge < -0.3 is 19.5 Å². The van der Waals surface area contributed by atoms with Gasteiger partial charge in [0.15, 0.2) is 11.5 Å². The third kappa shape index (κ3) is 5.05. The summed E-state index contributed by atoms with van der Waals surface area (Å²) in [5.41, 5.74) is 0.973. The number of halogens is 1. The van der Waals surface area contributed by atoms with Gasteiger partial charge in [-0.3, -0.25) is 4.79 Å². The molecular weight excluding hydrogens is 354 g/mol. The molecule has 0 bridgehead atoms. The van der Waals surface area contributed by atoms with Crippen LogP contribution in [0.2, 0.25) is 5.02 Å². The van der Waals surface area contributed by atoms with Gasteiger partial charge in [-0.2, -0.15) is 0 Å². The van der Waals surface area contributed by atoms with Crippen LogP contribution in [0.15, 0.2) is 42.5 Å². The number of nitrogens with one attached hydrogen (secondary N) is 1. The third-order valence-corrected chi connectivity index (χ3v) is 4.31. The number of carbonyl (C=O) groups is 1. The third-order valence-electron chi connectivity index (χ3n) is 4.06. The number of amides is 1. The van der Waals surface area contributed by atoms with E-state index in [1.54, 1.807) is 24.3 Å². The molecule has 5 nitrogen and oxygen atoms in total. The van der Waals surface area contributed by atoms with Crippen LogP contribution in [0.4, 0.5) is 0 Å². The topological polar surface area (TPSA) is 56.8 Å². The van der Waals surface area contributed by atoms with Gasteiger partial charge in [0.1, 0.15) is 5.75 Å². The molecule has 26 heavy (non-hydrogen) atoms. The number of carbonyl (C=O) groups excluding carboxylic acids is 1. The van der Waals surface area contributed by atoms with Crippen molar-refractivity contribution in [2.75, 3.05) is 19.8 Å². The highest BCUT2D eigenvalue weighted by atomic mass is 35.5. The summed E-state index contributed by atoms with van der Waals surface area (Å²) in [6.45, 7) is 3.55. The van der Waals surface area contributed by atoms with Crippen LogP contribution in [0.1, 0.15) is 31.4 Å². The minimum absolute atomic E-state index is 0.0708. The molecule has 0 spiro atoms. The first kappa shape index (κ1) is 18.4. The van der Waals surface area contributed by atoms with Gasteiger partial charge in [0.25, 0.3) is 0 Å². The van der Waals surface area contributed by atoms with Crippen molar-refractivity contribution < 1.29 is 19.0 Å². The lowest BCUT2D eigenvalue weighted by molar-refractivity contribution is -0.122. The molecule has 0 saturated heterocycles. The van der Waals surface area contributed by atoms with Crippen LogP contribution < -0.4 is 19.5 Å². The maximum absolute atomic E-state index is 12.1. The molecule has 1 N–H and O–H groups in total. The van der Waals surface area contributed by atoms with Gasteiger partial charge in [-0.1, -0.05) is 17.7 Å². The molecule has 0 fully saturated rings. The minimum atomic E-state index is -0.129. The SMILES string of the molecule is C[C@@H](NC(=O)CCOc1ccc(Cl)cc1)c1ccc2c(c1)OCCCO2. The normalized spacial score (nSPS) is 14.2. The number of hydrogen-bond donors (Lipinski definition) is 1. The molecule has 1 aliphatic heterocycles. The first-order valence-electron chi connectivity index (χ1n) is 8.69. The summed E-state index contributed by atoms with van der Waals surface area (Å²) in [5, 5.41) is 3.63. The Morgan fingerprint density at radius 3 is 2.65 bits per heavy atom. The minimum Gasteiger partial charge on any atom is -0.493 e. The van der Waals surface area contributed by atoms with Gasteiger partial charge in [-0.25, -0.2) is 0 Å². The fourth-order valence-corrected chi connectivity index (χ4v) is 2.76. The summed E-state index contributed by atoms with van der Waals surface area (Å²) in [5.74, 6) is 2.10. The lowest BCUT2D eigenvalue weighted by Crippen LogP contribution is -2.27. The highest BCUT2D eigenvalue weighted by Crippen LogP contribution is 2.32. The fraction of sp³-hybridized carbons (Fsp3) is 0.350. The molecule has 1 heterocycles. The van der Waals surface area contributed by atoms with E-state index >= 15 is 0 Å². The van der Waals surface area contributed by atoms with Crippen molar-refractivity contribution >= 4 is 17.5 Å². The Bertz CT molecular complexity index is 748. The Balaban J connectivity index is 1.49. The van der Waals surface area contributed by atoms with E-state index in [1.165, 1.54) is 0 Å². The summed E-state index contributed by atoms with van der Waals surface area (Å²) in [7, 11) is 0. The Labute approximate surface area is 158 Å². The highest BCUT2D eigenvalue weighted by molar-refractivity contribution is 6.30. The van der Waals surface area contributed by atoms with Crippen molar-refractivity contribution in [2.45, 2.75) is 25.8 Å².